The van der Waals surface area contributed by atoms with E-state index in [1.165, 1.54) is 5.56 Å². The van der Waals surface area contributed by atoms with E-state index in [4.69, 9.17) is 5.73 Å². The first-order valence-electron chi connectivity index (χ1n) is 6.29. The fraction of sp³-hybridized carbons (Fsp3) is 0.500. The molecule has 0 saturated heterocycles. The summed E-state index contributed by atoms with van der Waals surface area (Å²) in [6.07, 6.45) is 3.16. The van der Waals surface area contributed by atoms with E-state index < -0.39 is 0 Å². The summed E-state index contributed by atoms with van der Waals surface area (Å²) in [4.78, 5) is 4.30. The van der Waals surface area contributed by atoms with E-state index in [1.54, 1.807) is 0 Å². The number of benzene rings is 1. The van der Waals surface area contributed by atoms with Gasteiger partial charge in [0.05, 0.1) is 0 Å². The SMILES string of the molecule is CSCCCN=C(N)Nc1cccc(C(C)C)c1.I. The molecule has 108 valence electrons. The zero-order valence-corrected chi connectivity index (χ0v) is 15.0. The molecule has 0 spiro atoms. The molecule has 0 aliphatic heterocycles. The van der Waals surface area contributed by atoms with Crippen molar-refractivity contribution < 1.29 is 0 Å². The summed E-state index contributed by atoms with van der Waals surface area (Å²) in [5.74, 6) is 2.14. The van der Waals surface area contributed by atoms with Gasteiger partial charge < -0.3 is 11.1 Å². The Morgan fingerprint density at radius 3 is 2.79 bits per heavy atom. The van der Waals surface area contributed by atoms with Gasteiger partial charge in [0.15, 0.2) is 5.96 Å². The molecule has 3 N–H and O–H groups in total. The van der Waals surface area contributed by atoms with Crippen LogP contribution in [0.1, 0.15) is 31.7 Å². The van der Waals surface area contributed by atoms with Crippen molar-refractivity contribution in [2.75, 3.05) is 23.9 Å². The predicted molar refractivity (Wildman–Crippen MR) is 99.1 cm³/mol. The molecule has 3 nitrogen and oxygen atoms in total. The minimum Gasteiger partial charge on any atom is -0.370 e. The van der Waals surface area contributed by atoms with Gasteiger partial charge in [0.2, 0.25) is 0 Å². The van der Waals surface area contributed by atoms with E-state index in [1.807, 2.05) is 23.9 Å². The van der Waals surface area contributed by atoms with Crippen LogP contribution in [0.25, 0.3) is 0 Å². The summed E-state index contributed by atoms with van der Waals surface area (Å²) in [5.41, 5.74) is 8.15. The summed E-state index contributed by atoms with van der Waals surface area (Å²) >= 11 is 1.83. The predicted octanol–water partition coefficient (Wildman–Crippen LogP) is 3.91. The molecule has 0 fully saturated rings. The quantitative estimate of drug-likeness (QED) is 0.334. The smallest absolute Gasteiger partial charge is 0.193 e. The van der Waals surface area contributed by atoms with Gasteiger partial charge in [-0.3, -0.25) is 4.99 Å². The van der Waals surface area contributed by atoms with Crippen molar-refractivity contribution in [3.05, 3.63) is 29.8 Å². The first-order valence-corrected chi connectivity index (χ1v) is 7.68. The maximum atomic E-state index is 5.85. The molecule has 0 atom stereocenters. The van der Waals surface area contributed by atoms with Gasteiger partial charge >= 0.3 is 0 Å². The van der Waals surface area contributed by atoms with E-state index in [0.29, 0.717) is 11.9 Å². The van der Waals surface area contributed by atoms with Crippen LogP contribution in [-0.4, -0.2) is 24.5 Å². The molecule has 0 aliphatic carbocycles. The third kappa shape index (κ3) is 7.67. The fourth-order valence-corrected chi connectivity index (χ4v) is 1.99. The van der Waals surface area contributed by atoms with Crippen LogP contribution in [0.2, 0.25) is 0 Å². The highest BCUT2D eigenvalue weighted by molar-refractivity contribution is 14.0. The van der Waals surface area contributed by atoms with Crippen LogP contribution in [0, 0.1) is 0 Å². The number of nitrogens with one attached hydrogen (secondary N) is 1. The van der Waals surface area contributed by atoms with Crippen LogP contribution in [0.3, 0.4) is 0 Å². The van der Waals surface area contributed by atoms with Crippen LogP contribution in [-0.2, 0) is 0 Å². The van der Waals surface area contributed by atoms with Crippen LogP contribution in [0.4, 0.5) is 5.69 Å². The molecule has 1 aromatic carbocycles. The number of nitrogens with two attached hydrogens (primary N) is 1. The van der Waals surface area contributed by atoms with Gasteiger partial charge in [-0.15, -0.1) is 24.0 Å². The standard InChI is InChI=1S/C14H23N3S.HI/c1-11(2)12-6-4-7-13(10-12)17-14(15)16-8-5-9-18-3;/h4,6-7,10-11H,5,8-9H2,1-3H3,(H3,15,16,17);1H. The first-order chi connectivity index (χ1) is 8.63. The van der Waals surface area contributed by atoms with Crippen molar-refractivity contribution in [2.45, 2.75) is 26.2 Å². The largest absolute Gasteiger partial charge is 0.370 e. The van der Waals surface area contributed by atoms with Crippen molar-refractivity contribution in [1.29, 1.82) is 0 Å². The monoisotopic (exact) mass is 393 g/mol. The first kappa shape index (κ1) is 18.6. The molecule has 5 heteroatoms. The highest BCUT2D eigenvalue weighted by Crippen LogP contribution is 2.18. The Balaban J connectivity index is 0.00000324. The number of hydrogen-bond donors (Lipinski definition) is 2. The normalized spacial score (nSPS) is 11.3. The zero-order valence-electron chi connectivity index (χ0n) is 11.8. The van der Waals surface area contributed by atoms with E-state index >= 15 is 0 Å². The summed E-state index contributed by atoms with van der Waals surface area (Å²) in [5, 5.41) is 3.14. The van der Waals surface area contributed by atoms with Gasteiger partial charge in [-0.2, -0.15) is 11.8 Å². The van der Waals surface area contributed by atoms with Crippen molar-refractivity contribution in [1.82, 2.24) is 0 Å². The van der Waals surface area contributed by atoms with Crippen LogP contribution >= 0.6 is 35.7 Å². The second-order valence-corrected chi connectivity index (χ2v) is 5.50. The number of rotatable bonds is 6. The maximum absolute atomic E-state index is 5.85. The highest BCUT2D eigenvalue weighted by Gasteiger charge is 2.00. The van der Waals surface area contributed by atoms with E-state index in [-0.39, 0.29) is 24.0 Å². The Morgan fingerprint density at radius 2 is 2.16 bits per heavy atom. The Kier molecular flexibility index (Phi) is 10.1. The lowest BCUT2D eigenvalue weighted by Gasteiger charge is -2.09. The lowest BCUT2D eigenvalue weighted by Crippen LogP contribution is -2.23. The third-order valence-corrected chi connectivity index (χ3v) is 3.31. The number of hydrogen-bond acceptors (Lipinski definition) is 2. The van der Waals surface area contributed by atoms with Crippen molar-refractivity contribution in [3.8, 4) is 0 Å². The minimum atomic E-state index is 0. The molecule has 0 unspecified atom stereocenters. The topological polar surface area (TPSA) is 50.4 Å². The van der Waals surface area contributed by atoms with Gasteiger partial charge in [-0.05, 0) is 42.0 Å². The average molecular weight is 393 g/mol. The Bertz CT molecular complexity index is 394. The van der Waals surface area contributed by atoms with E-state index in [0.717, 1.165) is 24.4 Å². The second-order valence-electron chi connectivity index (χ2n) is 4.52. The summed E-state index contributed by atoms with van der Waals surface area (Å²) < 4.78 is 0. The number of guanidine groups is 1. The molecular weight excluding hydrogens is 369 g/mol. The van der Waals surface area contributed by atoms with E-state index in [9.17, 15) is 0 Å². The van der Waals surface area contributed by atoms with Crippen molar-refractivity contribution in [3.63, 3.8) is 0 Å². The van der Waals surface area contributed by atoms with Crippen LogP contribution in [0.15, 0.2) is 29.3 Å². The molecule has 0 radical (unpaired) electrons. The lowest BCUT2D eigenvalue weighted by atomic mass is 10.0. The second kappa shape index (κ2) is 10.4. The van der Waals surface area contributed by atoms with Crippen LogP contribution in [0.5, 0.6) is 0 Å². The fourth-order valence-electron chi connectivity index (χ4n) is 1.57. The number of aliphatic imine (C=N–C) groups is 1. The van der Waals surface area contributed by atoms with Gasteiger partial charge in [0, 0.05) is 12.2 Å². The number of thioether (sulfide) groups is 1. The van der Waals surface area contributed by atoms with Gasteiger partial charge in [0.1, 0.15) is 0 Å². The molecule has 1 aromatic rings. The zero-order chi connectivity index (χ0) is 13.4. The lowest BCUT2D eigenvalue weighted by molar-refractivity contribution is 0.867. The molecule has 19 heavy (non-hydrogen) atoms. The molecular formula is C14H24IN3S. The Hall–Kier alpha value is -0.430. The summed E-state index contributed by atoms with van der Waals surface area (Å²) in [6, 6.07) is 8.30. The van der Waals surface area contributed by atoms with Gasteiger partial charge in [-0.1, -0.05) is 26.0 Å². The highest BCUT2D eigenvalue weighted by atomic mass is 127. The van der Waals surface area contributed by atoms with Crippen LogP contribution < -0.4 is 11.1 Å². The van der Waals surface area contributed by atoms with Gasteiger partial charge in [-0.25, -0.2) is 0 Å². The molecule has 0 aromatic heterocycles. The molecule has 0 aliphatic rings. The summed E-state index contributed by atoms with van der Waals surface area (Å²) in [7, 11) is 0. The molecule has 0 amide bonds. The van der Waals surface area contributed by atoms with Gasteiger partial charge in [0.25, 0.3) is 0 Å². The number of nitrogens with zero attached hydrogens (tertiary/aromatic N) is 1. The molecule has 0 saturated carbocycles. The Labute approximate surface area is 137 Å². The minimum absolute atomic E-state index is 0. The summed E-state index contributed by atoms with van der Waals surface area (Å²) in [6.45, 7) is 5.14. The Morgan fingerprint density at radius 1 is 1.42 bits per heavy atom. The van der Waals surface area contributed by atoms with E-state index in [2.05, 4.69) is 42.5 Å². The maximum Gasteiger partial charge on any atom is 0.193 e. The van der Waals surface area contributed by atoms with Crippen molar-refractivity contribution in [2.24, 2.45) is 10.7 Å². The number of anilines is 1. The van der Waals surface area contributed by atoms with Crippen molar-refractivity contribution >= 4 is 47.4 Å². The molecule has 0 bridgehead atoms. The molecule has 1 rings (SSSR count). The number of halogens is 1. The molecule has 0 heterocycles. The average Bonchev–Trinajstić information content (AvgIpc) is 2.35. The third-order valence-electron chi connectivity index (χ3n) is 2.61.